The topological polar surface area (TPSA) is 48.0 Å². The Morgan fingerprint density at radius 3 is 2.52 bits per heavy atom. The number of ether oxygens (including phenoxy) is 3. The van der Waals surface area contributed by atoms with Crippen molar-refractivity contribution < 1.29 is 19.0 Å². The summed E-state index contributed by atoms with van der Waals surface area (Å²) in [4.78, 5) is 14.3. The van der Waals surface area contributed by atoms with Gasteiger partial charge in [0.1, 0.15) is 17.4 Å². The van der Waals surface area contributed by atoms with E-state index in [4.69, 9.17) is 25.8 Å². The Morgan fingerprint density at radius 2 is 1.77 bits per heavy atom. The molecule has 5 nitrogen and oxygen atoms in total. The molecule has 1 aliphatic heterocycles. The summed E-state index contributed by atoms with van der Waals surface area (Å²) in [6.45, 7) is 3.59. The number of alkyl halides is 1. The highest BCUT2D eigenvalue weighted by atomic mass is 35.5. The first-order chi connectivity index (χ1) is 15.1. The van der Waals surface area contributed by atoms with Gasteiger partial charge in [-0.3, -0.25) is 4.79 Å². The molecule has 31 heavy (non-hydrogen) atoms. The summed E-state index contributed by atoms with van der Waals surface area (Å²) >= 11 is 5.92. The number of anilines is 1. The molecule has 1 heterocycles. The Morgan fingerprint density at radius 1 is 1.00 bits per heavy atom. The van der Waals surface area contributed by atoms with Gasteiger partial charge >= 0.3 is 0 Å². The summed E-state index contributed by atoms with van der Waals surface area (Å²) in [6, 6.07) is 21.0. The highest BCUT2D eigenvalue weighted by Gasteiger charge is 2.18. The van der Waals surface area contributed by atoms with Crippen molar-refractivity contribution >= 4 is 23.2 Å². The lowest BCUT2D eigenvalue weighted by molar-refractivity contribution is -0.116. The third-order valence-electron chi connectivity index (χ3n) is 5.01. The summed E-state index contributed by atoms with van der Waals surface area (Å²) in [5, 5.41) is 0. The zero-order valence-corrected chi connectivity index (χ0v) is 18.1. The van der Waals surface area contributed by atoms with E-state index in [2.05, 4.69) is 0 Å². The predicted molar refractivity (Wildman–Crippen MR) is 122 cm³/mol. The Kier molecular flexibility index (Phi) is 6.63. The van der Waals surface area contributed by atoms with Gasteiger partial charge in [0.2, 0.25) is 5.91 Å². The summed E-state index contributed by atoms with van der Waals surface area (Å²) < 4.78 is 17.4. The van der Waals surface area contributed by atoms with E-state index in [0.717, 1.165) is 40.5 Å². The van der Waals surface area contributed by atoms with Crippen molar-refractivity contribution in [2.45, 2.75) is 19.9 Å². The molecule has 0 fully saturated rings. The average Bonchev–Trinajstić information content (AvgIpc) is 3.04. The van der Waals surface area contributed by atoms with Crippen molar-refractivity contribution in [3.8, 4) is 23.0 Å². The lowest BCUT2D eigenvalue weighted by Crippen LogP contribution is -2.31. The van der Waals surface area contributed by atoms with Gasteiger partial charge in [-0.05, 0) is 60.5 Å². The minimum atomic E-state index is -0.176. The molecule has 0 atom stereocenters. The second-order valence-corrected chi connectivity index (χ2v) is 7.58. The number of halogens is 1. The lowest BCUT2D eigenvalue weighted by atomic mass is 10.1. The van der Waals surface area contributed by atoms with Crippen LogP contribution >= 0.6 is 11.6 Å². The first-order valence-corrected chi connectivity index (χ1v) is 10.8. The van der Waals surface area contributed by atoms with E-state index in [-0.39, 0.29) is 11.8 Å². The number of amides is 1. The normalized spacial score (nSPS) is 12.7. The maximum Gasteiger partial charge on any atom is 0.242 e. The average molecular weight is 438 g/mol. The van der Waals surface area contributed by atoms with Gasteiger partial charge < -0.3 is 19.1 Å². The molecular formula is C25H24ClNO4. The molecule has 0 aliphatic carbocycles. The second-order valence-electron chi connectivity index (χ2n) is 7.31. The zero-order valence-electron chi connectivity index (χ0n) is 17.3. The first-order valence-electron chi connectivity index (χ1n) is 10.2. The molecule has 4 rings (SSSR count). The summed E-state index contributed by atoms with van der Waals surface area (Å²) in [6.07, 6.45) is 0.845. The van der Waals surface area contributed by atoms with Gasteiger partial charge in [0.05, 0.1) is 19.8 Å². The van der Waals surface area contributed by atoms with Gasteiger partial charge in [0.15, 0.2) is 11.5 Å². The monoisotopic (exact) mass is 437 g/mol. The van der Waals surface area contributed by atoms with Gasteiger partial charge in [0, 0.05) is 12.1 Å². The van der Waals surface area contributed by atoms with Crippen LogP contribution in [-0.2, 0) is 11.3 Å². The number of nitrogens with zero attached hydrogens (tertiary/aromatic N) is 1. The van der Waals surface area contributed by atoms with Crippen molar-refractivity contribution in [2.24, 2.45) is 0 Å². The van der Waals surface area contributed by atoms with Crippen LogP contribution in [0.1, 0.15) is 17.5 Å². The fourth-order valence-corrected chi connectivity index (χ4v) is 3.56. The van der Waals surface area contributed by atoms with Gasteiger partial charge in [-0.1, -0.05) is 24.3 Å². The van der Waals surface area contributed by atoms with Crippen molar-refractivity contribution in [3.05, 3.63) is 77.9 Å². The van der Waals surface area contributed by atoms with Crippen molar-refractivity contribution in [1.82, 2.24) is 0 Å². The van der Waals surface area contributed by atoms with Gasteiger partial charge in [0.25, 0.3) is 0 Å². The molecule has 1 amide bonds. The number of aryl methyl sites for hydroxylation is 1. The number of hydrogen-bond acceptors (Lipinski definition) is 4. The van der Waals surface area contributed by atoms with Crippen LogP contribution in [0.4, 0.5) is 5.69 Å². The Labute approximate surface area is 187 Å². The van der Waals surface area contributed by atoms with Crippen molar-refractivity contribution in [2.75, 3.05) is 24.0 Å². The molecule has 0 unspecified atom stereocenters. The Balaban J connectivity index is 1.57. The highest BCUT2D eigenvalue weighted by Crippen LogP contribution is 2.33. The third-order valence-corrected chi connectivity index (χ3v) is 5.24. The fraction of sp³-hybridized carbons (Fsp3) is 0.240. The van der Waals surface area contributed by atoms with E-state index >= 15 is 0 Å². The standard InChI is InChI=1S/C25H24ClNO4/c1-18-14-20(9-11-22(18)31-21-6-3-2-4-7-21)27(25(28)16-26)17-19-8-10-23-24(15-19)30-13-5-12-29-23/h2-4,6-11,14-15H,5,12-13,16-17H2,1H3. The van der Waals surface area contributed by atoms with Crippen molar-refractivity contribution in [3.63, 3.8) is 0 Å². The van der Waals surface area contributed by atoms with Crippen LogP contribution in [0.3, 0.4) is 0 Å². The predicted octanol–water partition coefficient (Wildman–Crippen LogP) is 5.72. The van der Waals surface area contributed by atoms with Gasteiger partial charge in [-0.15, -0.1) is 11.6 Å². The Bertz CT molecular complexity index is 1050. The van der Waals surface area contributed by atoms with Crippen LogP contribution in [0.2, 0.25) is 0 Å². The van der Waals surface area contributed by atoms with Crippen LogP contribution in [0.5, 0.6) is 23.0 Å². The van der Waals surface area contributed by atoms with E-state index in [9.17, 15) is 4.79 Å². The number of carbonyl (C=O) groups excluding carboxylic acids is 1. The number of carbonyl (C=O) groups is 1. The molecule has 0 aromatic heterocycles. The molecule has 1 aliphatic rings. The quantitative estimate of drug-likeness (QED) is 0.463. The summed E-state index contributed by atoms with van der Waals surface area (Å²) in [7, 11) is 0. The van der Waals surface area contributed by atoms with E-state index in [1.807, 2.05) is 73.7 Å². The molecule has 0 N–H and O–H groups in total. The van der Waals surface area contributed by atoms with E-state index < -0.39 is 0 Å². The first kappa shape index (κ1) is 21.1. The number of rotatable bonds is 6. The highest BCUT2D eigenvalue weighted by molar-refractivity contribution is 6.29. The zero-order chi connectivity index (χ0) is 21.6. The smallest absolute Gasteiger partial charge is 0.242 e. The molecule has 0 bridgehead atoms. The number of hydrogen-bond donors (Lipinski definition) is 0. The van der Waals surface area contributed by atoms with Crippen LogP contribution in [0, 0.1) is 6.92 Å². The van der Waals surface area contributed by atoms with Crippen molar-refractivity contribution in [1.29, 1.82) is 0 Å². The fourth-order valence-electron chi connectivity index (χ4n) is 3.42. The van der Waals surface area contributed by atoms with E-state index in [1.54, 1.807) is 4.90 Å². The second kappa shape index (κ2) is 9.75. The van der Waals surface area contributed by atoms with Crippen LogP contribution in [0.25, 0.3) is 0 Å². The molecular weight excluding hydrogens is 414 g/mol. The lowest BCUT2D eigenvalue weighted by Gasteiger charge is -2.23. The van der Waals surface area contributed by atoms with E-state index in [0.29, 0.717) is 25.5 Å². The van der Waals surface area contributed by atoms with Crippen LogP contribution in [0.15, 0.2) is 66.7 Å². The SMILES string of the molecule is Cc1cc(N(Cc2ccc3c(c2)OCCCO3)C(=O)CCl)ccc1Oc1ccccc1. The summed E-state index contributed by atoms with van der Waals surface area (Å²) in [5.74, 6) is 2.66. The molecule has 0 saturated carbocycles. The molecule has 6 heteroatoms. The van der Waals surface area contributed by atoms with Gasteiger partial charge in [-0.25, -0.2) is 0 Å². The molecule has 0 spiro atoms. The molecule has 160 valence electrons. The van der Waals surface area contributed by atoms with Crippen LogP contribution < -0.4 is 19.1 Å². The number of benzene rings is 3. The maximum absolute atomic E-state index is 12.7. The maximum atomic E-state index is 12.7. The Hall–Kier alpha value is -3.18. The molecule has 0 radical (unpaired) electrons. The minimum absolute atomic E-state index is 0.105. The molecule has 3 aromatic carbocycles. The third kappa shape index (κ3) is 5.12. The summed E-state index contributed by atoms with van der Waals surface area (Å²) in [5.41, 5.74) is 2.62. The minimum Gasteiger partial charge on any atom is -0.490 e. The van der Waals surface area contributed by atoms with Crippen LogP contribution in [-0.4, -0.2) is 25.0 Å². The van der Waals surface area contributed by atoms with E-state index in [1.165, 1.54) is 0 Å². The largest absolute Gasteiger partial charge is 0.490 e. The number of fused-ring (bicyclic) bond motifs is 1. The molecule has 3 aromatic rings. The van der Waals surface area contributed by atoms with Gasteiger partial charge in [-0.2, -0.15) is 0 Å². The molecule has 0 saturated heterocycles. The number of para-hydroxylation sites is 1.